The maximum absolute atomic E-state index is 13.7. The summed E-state index contributed by atoms with van der Waals surface area (Å²) >= 11 is -2.91. The molecule has 0 N–H and O–H groups in total. The Morgan fingerprint density at radius 2 is 1.45 bits per heavy atom. The zero-order valence-corrected chi connectivity index (χ0v) is 22.8. The molecule has 1 aliphatic heterocycles. The van der Waals surface area contributed by atoms with E-state index in [2.05, 4.69) is 20.8 Å². The number of aryl methyl sites for hydroxylation is 1. The van der Waals surface area contributed by atoms with Crippen LogP contribution in [0.25, 0.3) is 0 Å². The van der Waals surface area contributed by atoms with E-state index in [0.29, 0.717) is 11.5 Å². The molecule has 1 aliphatic rings. The van der Waals surface area contributed by atoms with Crippen LogP contribution in [0.3, 0.4) is 0 Å². The normalized spacial score (nSPS) is 21.0. The summed E-state index contributed by atoms with van der Waals surface area (Å²) in [7, 11) is -3.55. The third kappa shape index (κ3) is 5.98. The van der Waals surface area contributed by atoms with Crippen LogP contribution >= 0.6 is 0 Å². The molecule has 2 rings (SSSR count). The van der Waals surface area contributed by atoms with Crippen LogP contribution in [0.4, 0.5) is 0 Å². The van der Waals surface area contributed by atoms with Crippen LogP contribution in [0.5, 0.6) is 0 Å². The number of benzene rings is 1. The predicted molar refractivity (Wildman–Crippen MR) is 124 cm³/mol. The number of hydrogen-bond donors (Lipinski definition) is 0. The van der Waals surface area contributed by atoms with Gasteiger partial charge in [-0.3, -0.25) is 0 Å². The van der Waals surface area contributed by atoms with E-state index in [0.717, 1.165) is 5.56 Å². The van der Waals surface area contributed by atoms with Gasteiger partial charge in [0.05, 0.1) is 0 Å². The van der Waals surface area contributed by atoms with Crippen LogP contribution in [0.15, 0.2) is 29.2 Å². The molecular formula is C23H41NO3SSn. The standard InChI is InChI=1S/C11H14NO3S.3C4H9.Sn/c1-9-3-5-11(6-4-9)16(13,14)12-8-15-7-10(12)2;3*1-3-4-2;/h3-6,8,10H,7H2,1-2H3;3*1,3-4H2,2H3;/t10-;;;;/m1..../s1. The molecule has 0 radical (unpaired) electrons. The van der Waals surface area contributed by atoms with Crippen molar-refractivity contribution in [1.29, 1.82) is 0 Å². The molecule has 0 aromatic heterocycles. The van der Waals surface area contributed by atoms with Crippen molar-refractivity contribution in [3.05, 3.63) is 29.8 Å². The third-order valence-corrected chi connectivity index (χ3v) is 24.7. The van der Waals surface area contributed by atoms with Crippen molar-refractivity contribution in [3.63, 3.8) is 0 Å². The Bertz CT molecular complexity index is 698. The molecule has 166 valence electrons. The van der Waals surface area contributed by atoms with Crippen molar-refractivity contribution in [2.75, 3.05) is 6.61 Å². The number of nitrogens with zero attached hydrogens (tertiary/aromatic N) is 1. The van der Waals surface area contributed by atoms with Gasteiger partial charge in [-0.2, -0.15) is 0 Å². The summed E-state index contributed by atoms with van der Waals surface area (Å²) in [6.07, 6.45) is 7.13. The predicted octanol–water partition coefficient (Wildman–Crippen LogP) is 6.12. The summed E-state index contributed by atoms with van der Waals surface area (Å²) in [5.41, 5.74) is 1.08. The van der Waals surface area contributed by atoms with E-state index in [9.17, 15) is 8.42 Å². The maximum atomic E-state index is 13.7. The molecule has 0 saturated carbocycles. The molecule has 1 saturated heterocycles. The average Bonchev–Trinajstić information content (AvgIpc) is 3.11. The molecule has 0 bridgehead atoms. The monoisotopic (exact) mass is 531 g/mol. The molecule has 1 heterocycles. The van der Waals surface area contributed by atoms with Gasteiger partial charge in [-0.25, -0.2) is 0 Å². The van der Waals surface area contributed by atoms with Gasteiger partial charge in [-0.1, -0.05) is 0 Å². The van der Waals surface area contributed by atoms with E-state index in [1.165, 1.54) is 51.8 Å². The van der Waals surface area contributed by atoms with Gasteiger partial charge in [0.2, 0.25) is 0 Å². The molecule has 1 aromatic rings. The molecule has 0 spiro atoms. The Labute approximate surface area is 183 Å². The second kappa shape index (κ2) is 11.5. The van der Waals surface area contributed by atoms with Gasteiger partial charge in [0.15, 0.2) is 0 Å². The van der Waals surface area contributed by atoms with Crippen LogP contribution in [0, 0.1) is 6.92 Å². The number of hydrogen-bond acceptors (Lipinski definition) is 3. The Balaban J connectivity index is 2.47. The first-order chi connectivity index (χ1) is 13.8. The molecule has 1 fully saturated rings. The van der Waals surface area contributed by atoms with Crippen molar-refractivity contribution in [3.8, 4) is 0 Å². The fourth-order valence-corrected chi connectivity index (χ4v) is 25.7. The minimum atomic E-state index is -3.55. The first-order valence-electron chi connectivity index (χ1n) is 11.5. The molecule has 2 atom stereocenters. The van der Waals surface area contributed by atoms with E-state index >= 15 is 0 Å². The number of unbranched alkanes of at least 4 members (excludes halogenated alkanes) is 3. The summed E-state index contributed by atoms with van der Waals surface area (Å²) in [6.45, 7) is 11.3. The van der Waals surface area contributed by atoms with E-state index in [4.69, 9.17) is 4.74 Å². The van der Waals surface area contributed by atoms with Crippen LogP contribution in [-0.2, 0) is 14.8 Å². The van der Waals surface area contributed by atoms with E-state index in [1.807, 2.05) is 26.0 Å². The summed E-state index contributed by atoms with van der Waals surface area (Å²) in [6, 6.07) is 7.21. The first-order valence-corrected chi connectivity index (χ1v) is 20.7. The first kappa shape index (κ1) is 25.2. The fraction of sp³-hybridized carbons (Fsp3) is 0.739. The summed E-state index contributed by atoms with van der Waals surface area (Å²) in [5.74, 6) is 0. The fourth-order valence-electron chi connectivity index (χ4n) is 4.58. The third-order valence-electron chi connectivity index (χ3n) is 6.37. The minimum absolute atomic E-state index is 0.0905. The van der Waals surface area contributed by atoms with E-state index < -0.39 is 28.4 Å². The zero-order chi connectivity index (χ0) is 21.5. The molecule has 0 amide bonds. The van der Waals surface area contributed by atoms with Crippen molar-refractivity contribution in [2.24, 2.45) is 0 Å². The molecule has 1 aromatic carbocycles. The molecule has 0 unspecified atom stereocenters. The summed E-state index contributed by atoms with van der Waals surface area (Å²) < 4.78 is 39.2. The second-order valence-electron chi connectivity index (χ2n) is 8.86. The Kier molecular flexibility index (Phi) is 9.97. The summed E-state index contributed by atoms with van der Waals surface area (Å²) in [5, 5.41) is 0. The number of rotatable bonds is 12. The molecule has 29 heavy (non-hydrogen) atoms. The van der Waals surface area contributed by atoms with Gasteiger partial charge < -0.3 is 0 Å². The van der Waals surface area contributed by atoms with E-state index in [-0.39, 0.29) is 10.3 Å². The molecule has 4 nitrogen and oxygen atoms in total. The Morgan fingerprint density at radius 3 is 1.90 bits per heavy atom. The van der Waals surface area contributed by atoms with Gasteiger partial charge in [0.25, 0.3) is 0 Å². The number of sulfonamides is 1. The average molecular weight is 530 g/mol. The van der Waals surface area contributed by atoms with Crippen LogP contribution < -0.4 is 0 Å². The van der Waals surface area contributed by atoms with Crippen LogP contribution in [0.1, 0.15) is 71.8 Å². The number of ether oxygens (including phenoxy) is 1. The zero-order valence-electron chi connectivity index (χ0n) is 19.1. The van der Waals surface area contributed by atoms with Crippen LogP contribution in [0.2, 0.25) is 13.3 Å². The molecular weight excluding hydrogens is 489 g/mol. The molecule has 0 aliphatic carbocycles. The topological polar surface area (TPSA) is 46.6 Å². The van der Waals surface area contributed by atoms with Gasteiger partial charge in [-0.15, -0.1) is 0 Å². The van der Waals surface area contributed by atoms with Crippen molar-refractivity contribution < 1.29 is 13.2 Å². The van der Waals surface area contributed by atoms with E-state index in [1.54, 1.807) is 16.4 Å². The SMILES string of the molecule is CCC[CH2][Sn]([CH2]CCC)([CH2]CCC)[C@H]1OC[C@@H](C)N1S(=O)(=O)c1ccc(C)cc1. The Hall–Kier alpha value is -0.111. The van der Waals surface area contributed by atoms with Gasteiger partial charge >= 0.3 is 184 Å². The van der Waals surface area contributed by atoms with Crippen LogP contribution in [-0.4, -0.2) is 48.0 Å². The van der Waals surface area contributed by atoms with Crippen molar-refractivity contribution in [1.82, 2.24) is 4.31 Å². The quantitative estimate of drug-likeness (QED) is 0.306. The molecule has 6 heteroatoms. The Morgan fingerprint density at radius 1 is 0.966 bits per heavy atom. The van der Waals surface area contributed by atoms with Crippen molar-refractivity contribution >= 4 is 28.4 Å². The van der Waals surface area contributed by atoms with Crippen molar-refractivity contribution in [2.45, 2.75) is 102 Å². The summed E-state index contributed by atoms with van der Waals surface area (Å²) in [4.78, 5) is 0.409. The second-order valence-corrected chi connectivity index (χ2v) is 24.2. The van der Waals surface area contributed by atoms with Gasteiger partial charge in [-0.05, 0) is 0 Å². The van der Waals surface area contributed by atoms with Gasteiger partial charge in [0.1, 0.15) is 0 Å². The van der Waals surface area contributed by atoms with Gasteiger partial charge in [0, 0.05) is 0 Å².